The van der Waals surface area contributed by atoms with Crippen molar-refractivity contribution in [1.29, 1.82) is 0 Å². The summed E-state index contributed by atoms with van der Waals surface area (Å²) in [7, 11) is 0. The molecule has 0 aromatic carbocycles. The van der Waals surface area contributed by atoms with Crippen molar-refractivity contribution in [3.05, 3.63) is 76.0 Å². The van der Waals surface area contributed by atoms with E-state index in [1.807, 2.05) is 0 Å². The van der Waals surface area contributed by atoms with Gasteiger partial charge in [-0.25, -0.2) is 13.6 Å². The average molecular weight is 393 g/mol. The van der Waals surface area contributed by atoms with E-state index >= 15 is 0 Å². The molecule has 4 aromatic rings. The lowest BCUT2D eigenvalue weighted by Crippen LogP contribution is -2.45. The van der Waals surface area contributed by atoms with Gasteiger partial charge in [0.1, 0.15) is 11.3 Å². The summed E-state index contributed by atoms with van der Waals surface area (Å²) < 4.78 is 16.0. The van der Waals surface area contributed by atoms with Gasteiger partial charge in [-0.1, -0.05) is 0 Å². The molecular formula is C19H16FN7O2. The highest BCUT2D eigenvalue weighted by atomic mass is 19.1. The minimum Gasteiger partial charge on any atom is -0.330 e. The molecule has 1 aliphatic rings. The number of hydrogen-bond donors (Lipinski definition) is 1. The van der Waals surface area contributed by atoms with Crippen LogP contribution in [0, 0.1) is 12.7 Å². The maximum atomic E-state index is 13.1. The van der Waals surface area contributed by atoms with Gasteiger partial charge < -0.3 is 4.90 Å². The molecule has 1 saturated heterocycles. The van der Waals surface area contributed by atoms with Crippen LogP contribution >= 0.6 is 0 Å². The van der Waals surface area contributed by atoms with E-state index < -0.39 is 5.82 Å². The van der Waals surface area contributed by atoms with Crippen LogP contribution in [0.3, 0.4) is 0 Å². The summed E-state index contributed by atoms with van der Waals surface area (Å²) in [5.74, 6) is -0.389. The van der Waals surface area contributed by atoms with Crippen LogP contribution in [-0.4, -0.2) is 46.7 Å². The van der Waals surface area contributed by atoms with Crippen molar-refractivity contribution >= 4 is 11.4 Å². The van der Waals surface area contributed by atoms with Crippen molar-refractivity contribution in [2.24, 2.45) is 0 Å². The second kappa shape index (κ2) is 6.36. The van der Waals surface area contributed by atoms with Gasteiger partial charge in [-0.3, -0.25) is 19.6 Å². The Kier molecular flexibility index (Phi) is 3.79. The fourth-order valence-electron chi connectivity index (χ4n) is 3.54. The maximum Gasteiger partial charge on any atom is 0.276 e. The highest BCUT2D eigenvalue weighted by Gasteiger charge is 2.36. The quantitative estimate of drug-likeness (QED) is 0.570. The average Bonchev–Trinajstić information content (AvgIpc) is 3.29. The SMILES string of the molecule is Cc1c(C(=O)N2CCC2c2ccc(F)cn2)cnn1-c1nn2cccc2c(=O)[nH]1. The van der Waals surface area contributed by atoms with E-state index in [0.29, 0.717) is 29.0 Å². The molecule has 4 aromatic heterocycles. The predicted molar refractivity (Wildman–Crippen MR) is 100 cm³/mol. The van der Waals surface area contributed by atoms with Gasteiger partial charge in [0.15, 0.2) is 0 Å². The molecule has 0 radical (unpaired) electrons. The second-order valence-electron chi connectivity index (χ2n) is 6.88. The maximum absolute atomic E-state index is 13.1. The van der Waals surface area contributed by atoms with E-state index in [9.17, 15) is 14.0 Å². The van der Waals surface area contributed by atoms with Crippen LogP contribution in [0.5, 0.6) is 0 Å². The third-order valence-electron chi connectivity index (χ3n) is 5.20. The molecule has 1 unspecified atom stereocenters. The van der Waals surface area contributed by atoms with E-state index in [0.717, 1.165) is 12.6 Å². The molecule has 10 heteroatoms. The molecule has 1 atom stereocenters. The van der Waals surface area contributed by atoms with Crippen LogP contribution in [0.25, 0.3) is 11.5 Å². The third kappa shape index (κ3) is 2.72. The fourth-order valence-corrected chi connectivity index (χ4v) is 3.54. The van der Waals surface area contributed by atoms with Crippen LogP contribution in [0.15, 0.2) is 47.7 Å². The van der Waals surface area contributed by atoms with Gasteiger partial charge in [0.25, 0.3) is 11.5 Å². The number of amides is 1. The lowest BCUT2D eigenvalue weighted by Gasteiger charge is -2.40. The van der Waals surface area contributed by atoms with Gasteiger partial charge in [-0.2, -0.15) is 5.10 Å². The summed E-state index contributed by atoms with van der Waals surface area (Å²) in [5, 5.41) is 8.59. The molecule has 0 spiro atoms. The van der Waals surface area contributed by atoms with Crippen molar-refractivity contribution in [3.63, 3.8) is 0 Å². The number of carbonyl (C=O) groups is 1. The molecule has 5 heterocycles. The predicted octanol–water partition coefficient (Wildman–Crippen LogP) is 1.64. The lowest BCUT2D eigenvalue weighted by molar-refractivity contribution is 0.0450. The number of nitrogens with zero attached hydrogens (tertiary/aromatic N) is 6. The number of likely N-dealkylation sites (tertiary alicyclic amines) is 1. The van der Waals surface area contributed by atoms with Crippen LogP contribution < -0.4 is 5.56 Å². The van der Waals surface area contributed by atoms with Gasteiger partial charge in [0.2, 0.25) is 5.95 Å². The molecule has 0 saturated carbocycles. The first-order chi connectivity index (χ1) is 14.0. The highest BCUT2D eigenvalue weighted by molar-refractivity contribution is 5.96. The number of H-pyrrole nitrogens is 1. The topological polar surface area (TPSA) is 101 Å². The molecular weight excluding hydrogens is 377 g/mol. The number of hydrogen-bond acceptors (Lipinski definition) is 5. The Morgan fingerprint density at radius 2 is 2.14 bits per heavy atom. The molecule has 146 valence electrons. The lowest BCUT2D eigenvalue weighted by atomic mass is 9.97. The Bertz CT molecular complexity index is 1290. The Morgan fingerprint density at radius 1 is 1.28 bits per heavy atom. The molecule has 5 rings (SSSR count). The highest BCUT2D eigenvalue weighted by Crippen LogP contribution is 2.33. The smallest absolute Gasteiger partial charge is 0.276 e. The zero-order valence-electron chi connectivity index (χ0n) is 15.4. The van der Waals surface area contributed by atoms with Gasteiger partial charge in [-0.15, -0.1) is 5.10 Å². The Balaban J connectivity index is 1.46. The number of halogens is 1. The zero-order chi connectivity index (χ0) is 20.1. The zero-order valence-corrected chi connectivity index (χ0v) is 15.4. The standard InChI is InChI=1S/C19H16FN7O2/c1-11-13(18(29)25-8-6-15(25)14-5-4-12(20)9-21-14)10-22-27(11)19-23-17(28)16-3-2-7-26(16)24-19/h2-5,7,9-10,15H,6,8H2,1H3,(H,23,24,28). The first-order valence-corrected chi connectivity index (χ1v) is 9.08. The van der Waals surface area contributed by atoms with Crippen molar-refractivity contribution in [1.82, 2.24) is 34.3 Å². The number of rotatable bonds is 3. The first kappa shape index (κ1) is 17.3. The van der Waals surface area contributed by atoms with Gasteiger partial charge in [0.05, 0.1) is 35.4 Å². The molecule has 9 nitrogen and oxygen atoms in total. The monoisotopic (exact) mass is 393 g/mol. The Hall–Kier alpha value is -3.82. The summed E-state index contributed by atoms with van der Waals surface area (Å²) in [6.45, 7) is 2.32. The molecule has 1 amide bonds. The number of pyridine rings is 1. The van der Waals surface area contributed by atoms with Crippen LogP contribution in [-0.2, 0) is 0 Å². The summed E-state index contributed by atoms with van der Waals surface area (Å²) in [4.78, 5) is 33.7. The van der Waals surface area contributed by atoms with Crippen LogP contribution in [0.1, 0.15) is 34.2 Å². The minimum atomic E-state index is -0.413. The summed E-state index contributed by atoms with van der Waals surface area (Å²) >= 11 is 0. The molecule has 0 bridgehead atoms. The van der Waals surface area contributed by atoms with Crippen LogP contribution in [0.4, 0.5) is 4.39 Å². The fraction of sp³-hybridized carbons (Fsp3) is 0.211. The van der Waals surface area contributed by atoms with E-state index in [2.05, 4.69) is 20.2 Å². The third-order valence-corrected chi connectivity index (χ3v) is 5.20. The molecule has 29 heavy (non-hydrogen) atoms. The normalized spacial score (nSPS) is 16.2. The van der Waals surface area contributed by atoms with E-state index in [1.165, 1.54) is 21.5 Å². The number of fused-ring (bicyclic) bond motifs is 1. The van der Waals surface area contributed by atoms with E-state index in [1.54, 1.807) is 36.2 Å². The van der Waals surface area contributed by atoms with Gasteiger partial charge >= 0.3 is 0 Å². The van der Waals surface area contributed by atoms with Crippen molar-refractivity contribution in [2.45, 2.75) is 19.4 Å². The van der Waals surface area contributed by atoms with Crippen LogP contribution in [0.2, 0.25) is 0 Å². The molecule has 0 aliphatic carbocycles. The Morgan fingerprint density at radius 3 is 2.86 bits per heavy atom. The summed E-state index contributed by atoms with van der Waals surface area (Å²) in [6, 6.07) is 6.12. The number of nitrogens with one attached hydrogen (secondary N) is 1. The molecule has 1 fully saturated rings. The van der Waals surface area contributed by atoms with Gasteiger partial charge in [-0.05, 0) is 37.6 Å². The Labute approximate surface area is 163 Å². The molecule has 1 aliphatic heterocycles. The first-order valence-electron chi connectivity index (χ1n) is 9.08. The van der Waals surface area contributed by atoms with E-state index in [4.69, 9.17) is 0 Å². The number of aromatic amines is 1. The van der Waals surface area contributed by atoms with Crippen molar-refractivity contribution in [2.75, 3.05) is 6.54 Å². The van der Waals surface area contributed by atoms with Gasteiger partial charge in [0, 0.05) is 12.7 Å². The second-order valence-corrected chi connectivity index (χ2v) is 6.88. The molecule has 1 N–H and O–H groups in total. The number of carbonyl (C=O) groups excluding carboxylic acids is 1. The largest absolute Gasteiger partial charge is 0.330 e. The minimum absolute atomic E-state index is 0.194. The number of aromatic nitrogens is 6. The van der Waals surface area contributed by atoms with Crippen molar-refractivity contribution < 1.29 is 9.18 Å². The van der Waals surface area contributed by atoms with Crippen molar-refractivity contribution in [3.8, 4) is 5.95 Å². The van der Waals surface area contributed by atoms with E-state index in [-0.39, 0.29) is 23.5 Å². The summed E-state index contributed by atoms with van der Waals surface area (Å²) in [6.07, 6.45) is 5.04. The summed E-state index contributed by atoms with van der Waals surface area (Å²) in [5.41, 5.74) is 1.74.